The average molecular weight is 558 g/mol. The molecule has 1 saturated carbocycles. The molecule has 9 nitrogen and oxygen atoms in total. The molecule has 1 fully saturated rings. The third-order valence-corrected chi connectivity index (χ3v) is 8.57. The SMILES string of the molecule is CC[C@@H](C(=O)NC1CCCCC1)N(Cc1ccccc1C)C(=O)CN(c1ccc2c(c1)OCCO2)S(C)(=O)=O. The molecule has 2 aliphatic rings. The van der Waals surface area contributed by atoms with E-state index >= 15 is 0 Å². The van der Waals surface area contributed by atoms with Gasteiger partial charge in [0.2, 0.25) is 21.8 Å². The lowest BCUT2D eigenvalue weighted by Crippen LogP contribution is -2.54. The summed E-state index contributed by atoms with van der Waals surface area (Å²) in [5.41, 5.74) is 2.19. The standard InChI is InChI=1S/C29H39N3O6S/c1-4-25(29(34)30-23-12-6-5-7-13-23)31(19-22-11-9-8-10-21(22)2)28(33)20-32(39(3,35)36)24-14-15-26-27(18-24)38-17-16-37-26/h8-11,14-15,18,23,25H,4-7,12-13,16-17,19-20H2,1-3H3,(H,30,34)/t25-/m0/s1. The van der Waals surface area contributed by atoms with Crippen LogP contribution >= 0.6 is 0 Å². The molecule has 1 aliphatic carbocycles. The molecular formula is C29H39N3O6S. The third-order valence-electron chi connectivity index (χ3n) is 7.43. The van der Waals surface area contributed by atoms with Crippen LogP contribution in [0.3, 0.4) is 0 Å². The van der Waals surface area contributed by atoms with Gasteiger partial charge in [-0.2, -0.15) is 0 Å². The van der Waals surface area contributed by atoms with Crippen molar-refractivity contribution < 1.29 is 27.5 Å². The zero-order valence-corrected chi connectivity index (χ0v) is 23.8. The molecule has 1 atom stereocenters. The van der Waals surface area contributed by atoms with Crippen molar-refractivity contribution in [2.24, 2.45) is 0 Å². The Hall–Kier alpha value is -3.27. The van der Waals surface area contributed by atoms with Crippen LogP contribution in [0.5, 0.6) is 11.5 Å². The van der Waals surface area contributed by atoms with E-state index in [1.807, 2.05) is 38.1 Å². The van der Waals surface area contributed by atoms with Crippen molar-refractivity contribution in [1.29, 1.82) is 0 Å². The lowest BCUT2D eigenvalue weighted by atomic mass is 9.95. The predicted octanol–water partition coefficient (Wildman–Crippen LogP) is 3.79. The van der Waals surface area contributed by atoms with E-state index in [9.17, 15) is 18.0 Å². The molecular weight excluding hydrogens is 518 g/mol. The average Bonchev–Trinajstić information content (AvgIpc) is 2.92. The zero-order chi connectivity index (χ0) is 28.0. The molecule has 0 radical (unpaired) electrons. The van der Waals surface area contributed by atoms with E-state index in [-0.39, 0.29) is 18.5 Å². The Bertz CT molecular complexity index is 1280. The maximum Gasteiger partial charge on any atom is 0.244 e. The number of rotatable bonds is 10. The lowest BCUT2D eigenvalue weighted by molar-refractivity contribution is -0.140. The van der Waals surface area contributed by atoms with E-state index in [1.165, 1.54) is 11.3 Å². The number of nitrogens with one attached hydrogen (secondary N) is 1. The highest BCUT2D eigenvalue weighted by Gasteiger charge is 2.33. The summed E-state index contributed by atoms with van der Waals surface area (Å²) in [6, 6.07) is 11.9. The van der Waals surface area contributed by atoms with Gasteiger partial charge < -0.3 is 19.7 Å². The maximum atomic E-state index is 14.0. The topological polar surface area (TPSA) is 105 Å². The molecule has 0 unspecified atom stereocenters. The molecule has 0 aromatic heterocycles. The van der Waals surface area contributed by atoms with Gasteiger partial charge in [-0.25, -0.2) is 8.42 Å². The van der Waals surface area contributed by atoms with E-state index in [0.717, 1.165) is 47.4 Å². The van der Waals surface area contributed by atoms with Gasteiger partial charge in [-0.1, -0.05) is 50.5 Å². The molecule has 0 spiro atoms. The Morgan fingerprint density at radius 2 is 1.72 bits per heavy atom. The molecule has 1 N–H and O–H groups in total. The van der Waals surface area contributed by atoms with Gasteiger partial charge in [-0.3, -0.25) is 13.9 Å². The number of amides is 2. The molecule has 1 aliphatic heterocycles. The highest BCUT2D eigenvalue weighted by Crippen LogP contribution is 2.35. The van der Waals surface area contributed by atoms with E-state index in [2.05, 4.69) is 5.32 Å². The van der Waals surface area contributed by atoms with Crippen molar-refractivity contribution in [3.8, 4) is 11.5 Å². The van der Waals surface area contributed by atoms with Crippen LogP contribution in [-0.2, 0) is 26.2 Å². The number of ether oxygens (including phenoxy) is 2. The monoisotopic (exact) mass is 557 g/mol. The number of fused-ring (bicyclic) bond motifs is 1. The normalized spacial score (nSPS) is 16.3. The number of hydrogen-bond donors (Lipinski definition) is 1. The summed E-state index contributed by atoms with van der Waals surface area (Å²) in [7, 11) is -3.84. The summed E-state index contributed by atoms with van der Waals surface area (Å²) in [5.74, 6) is 0.298. The first-order valence-corrected chi connectivity index (χ1v) is 15.5. The smallest absolute Gasteiger partial charge is 0.244 e. The molecule has 2 aromatic rings. The van der Waals surface area contributed by atoms with E-state index in [0.29, 0.717) is 36.8 Å². The number of nitrogens with zero attached hydrogens (tertiary/aromatic N) is 2. The lowest BCUT2D eigenvalue weighted by Gasteiger charge is -2.34. The number of aryl methyl sites for hydroxylation is 1. The Morgan fingerprint density at radius 1 is 1.03 bits per heavy atom. The quantitative estimate of drug-likeness (QED) is 0.477. The van der Waals surface area contributed by atoms with Crippen LogP contribution in [0.4, 0.5) is 5.69 Å². The van der Waals surface area contributed by atoms with Crippen LogP contribution in [0, 0.1) is 6.92 Å². The van der Waals surface area contributed by atoms with Crippen molar-refractivity contribution in [2.45, 2.75) is 71.0 Å². The molecule has 0 saturated heterocycles. The fourth-order valence-corrected chi connectivity index (χ4v) is 6.08. The van der Waals surface area contributed by atoms with Gasteiger partial charge in [0.1, 0.15) is 25.8 Å². The third kappa shape index (κ3) is 7.23. The van der Waals surface area contributed by atoms with Gasteiger partial charge in [0, 0.05) is 18.7 Å². The van der Waals surface area contributed by atoms with Gasteiger partial charge >= 0.3 is 0 Å². The fraction of sp³-hybridized carbons (Fsp3) is 0.517. The van der Waals surface area contributed by atoms with Gasteiger partial charge in [-0.15, -0.1) is 0 Å². The number of carbonyl (C=O) groups is 2. The van der Waals surface area contributed by atoms with Crippen molar-refractivity contribution in [3.05, 3.63) is 53.6 Å². The second kappa shape index (κ2) is 12.7. The van der Waals surface area contributed by atoms with Crippen LogP contribution in [-0.4, -0.2) is 63.2 Å². The first kappa shape index (κ1) is 28.7. The Morgan fingerprint density at radius 3 is 2.38 bits per heavy atom. The Kier molecular flexibility index (Phi) is 9.37. The molecule has 10 heteroatoms. The van der Waals surface area contributed by atoms with Gasteiger partial charge in [0.15, 0.2) is 11.5 Å². The zero-order valence-electron chi connectivity index (χ0n) is 23.0. The summed E-state index contributed by atoms with van der Waals surface area (Å²) in [6.45, 7) is 4.35. The van der Waals surface area contributed by atoms with Crippen molar-refractivity contribution in [1.82, 2.24) is 10.2 Å². The van der Waals surface area contributed by atoms with Gasteiger partial charge in [0.05, 0.1) is 11.9 Å². The molecule has 2 aromatic carbocycles. The number of sulfonamides is 1. The van der Waals surface area contributed by atoms with E-state index in [4.69, 9.17) is 9.47 Å². The molecule has 0 bridgehead atoms. The van der Waals surface area contributed by atoms with Crippen LogP contribution in [0.25, 0.3) is 0 Å². The van der Waals surface area contributed by atoms with Crippen LogP contribution < -0.4 is 19.1 Å². The minimum Gasteiger partial charge on any atom is -0.486 e. The summed E-state index contributed by atoms with van der Waals surface area (Å²) >= 11 is 0. The minimum atomic E-state index is -3.84. The summed E-state index contributed by atoms with van der Waals surface area (Å²) < 4.78 is 38.1. The van der Waals surface area contributed by atoms with Crippen molar-refractivity contribution >= 4 is 27.5 Å². The fourth-order valence-electron chi connectivity index (χ4n) is 5.24. The summed E-state index contributed by atoms with van der Waals surface area (Å²) in [5, 5.41) is 3.16. The van der Waals surface area contributed by atoms with Crippen molar-refractivity contribution in [2.75, 3.05) is 30.3 Å². The first-order valence-electron chi connectivity index (χ1n) is 13.7. The highest BCUT2D eigenvalue weighted by molar-refractivity contribution is 7.92. The van der Waals surface area contributed by atoms with Crippen LogP contribution in [0.1, 0.15) is 56.6 Å². The van der Waals surface area contributed by atoms with Crippen LogP contribution in [0.2, 0.25) is 0 Å². The predicted molar refractivity (Wildman–Crippen MR) is 150 cm³/mol. The second-order valence-electron chi connectivity index (χ2n) is 10.3. The highest BCUT2D eigenvalue weighted by atomic mass is 32.2. The second-order valence-corrected chi connectivity index (χ2v) is 12.2. The number of carbonyl (C=O) groups excluding carboxylic acids is 2. The van der Waals surface area contributed by atoms with Crippen LogP contribution in [0.15, 0.2) is 42.5 Å². The van der Waals surface area contributed by atoms with E-state index < -0.39 is 28.5 Å². The summed E-state index contributed by atoms with van der Waals surface area (Å²) in [4.78, 5) is 29.0. The molecule has 4 rings (SSSR count). The van der Waals surface area contributed by atoms with Gasteiger partial charge in [-0.05, 0) is 49.4 Å². The number of hydrogen-bond acceptors (Lipinski definition) is 6. The maximum absolute atomic E-state index is 14.0. The van der Waals surface area contributed by atoms with Crippen molar-refractivity contribution in [3.63, 3.8) is 0 Å². The minimum absolute atomic E-state index is 0.0981. The Balaban J connectivity index is 1.63. The van der Waals surface area contributed by atoms with Gasteiger partial charge in [0.25, 0.3) is 0 Å². The molecule has 1 heterocycles. The summed E-state index contributed by atoms with van der Waals surface area (Å²) in [6.07, 6.45) is 6.65. The molecule has 212 valence electrons. The number of anilines is 1. The largest absolute Gasteiger partial charge is 0.486 e. The Labute approximate surface area is 231 Å². The number of benzene rings is 2. The molecule has 39 heavy (non-hydrogen) atoms. The van der Waals surface area contributed by atoms with E-state index in [1.54, 1.807) is 18.2 Å². The first-order chi connectivity index (χ1) is 18.7. The molecule has 2 amide bonds.